The van der Waals surface area contributed by atoms with Crippen molar-refractivity contribution in [2.24, 2.45) is 0 Å². The normalized spacial score (nSPS) is 19.6. The first-order valence-electron chi connectivity index (χ1n) is 8.63. The highest BCUT2D eigenvalue weighted by atomic mass is 16.5. The first-order chi connectivity index (χ1) is 13.2. The third-order valence-corrected chi connectivity index (χ3v) is 4.23. The zero-order valence-electron chi connectivity index (χ0n) is 15.6. The monoisotopic (exact) mass is 392 g/mol. The van der Waals surface area contributed by atoms with E-state index in [-0.39, 0.29) is 30.4 Å². The Bertz CT molecular complexity index is 999. The summed E-state index contributed by atoms with van der Waals surface area (Å²) in [5, 5.41) is 9.33. The molecule has 0 radical (unpaired) electrons. The molecule has 1 saturated heterocycles. The van der Waals surface area contributed by atoms with Gasteiger partial charge in [0.2, 0.25) is 23.1 Å². The zero-order chi connectivity index (χ0) is 20.6. The van der Waals surface area contributed by atoms with E-state index in [9.17, 15) is 24.3 Å². The van der Waals surface area contributed by atoms with Crippen molar-refractivity contribution in [1.82, 2.24) is 18.9 Å². The molecule has 3 rings (SSSR count). The SMILES string of the molecule is CC(=O)Oc1c(C(=O)O)nc2n(CC(=O)N3C[C@H](C)O[C@@H](C)C3)ccn2c1=O. The highest BCUT2D eigenvalue weighted by molar-refractivity contribution is 5.90. The lowest BCUT2D eigenvalue weighted by molar-refractivity contribution is -0.143. The third kappa shape index (κ3) is 3.74. The molecule has 3 heterocycles. The second-order valence-electron chi connectivity index (χ2n) is 6.65. The number of fused-ring (bicyclic) bond motifs is 1. The van der Waals surface area contributed by atoms with Gasteiger partial charge in [0.25, 0.3) is 0 Å². The highest BCUT2D eigenvalue weighted by Gasteiger charge is 2.27. The van der Waals surface area contributed by atoms with E-state index in [1.54, 1.807) is 4.90 Å². The molecule has 0 unspecified atom stereocenters. The lowest BCUT2D eigenvalue weighted by Crippen LogP contribution is -2.49. The molecule has 150 valence electrons. The van der Waals surface area contributed by atoms with Crippen LogP contribution in [-0.4, -0.2) is 67.1 Å². The fourth-order valence-corrected chi connectivity index (χ4v) is 3.19. The van der Waals surface area contributed by atoms with Crippen molar-refractivity contribution < 1.29 is 29.0 Å². The summed E-state index contributed by atoms with van der Waals surface area (Å²) >= 11 is 0. The van der Waals surface area contributed by atoms with Crippen LogP contribution in [-0.2, 0) is 20.9 Å². The van der Waals surface area contributed by atoms with E-state index in [1.807, 2.05) is 13.8 Å². The van der Waals surface area contributed by atoms with Gasteiger partial charge in [0.15, 0.2) is 0 Å². The van der Waals surface area contributed by atoms with E-state index in [0.717, 1.165) is 11.3 Å². The van der Waals surface area contributed by atoms with Crippen LogP contribution in [0.15, 0.2) is 17.2 Å². The zero-order valence-corrected chi connectivity index (χ0v) is 15.6. The number of carbonyl (C=O) groups excluding carboxylic acids is 2. The molecule has 0 saturated carbocycles. The maximum atomic E-state index is 12.7. The van der Waals surface area contributed by atoms with Crippen molar-refractivity contribution in [1.29, 1.82) is 0 Å². The minimum absolute atomic E-state index is 0.0407. The largest absolute Gasteiger partial charge is 0.476 e. The number of carbonyl (C=O) groups is 3. The number of nitrogens with zero attached hydrogens (tertiary/aromatic N) is 4. The van der Waals surface area contributed by atoms with E-state index in [4.69, 9.17) is 9.47 Å². The maximum Gasteiger partial charge on any atom is 0.358 e. The number of imidazole rings is 1. The molecule has 0 bridgehead atoms. The Hall–Kier alpha value is -3.21. The molecular weight excluding hydrogens is 372 g/mol. The van der Waals surface area contributed by atoms with Crippen molar-refractivity contribution in [2.45, 2.75) is 39.5 Å². The van der Waals surface area contributed by atoms with Crippen LogP contribution in [0, 0.1) is 0 Å². The van der Waals surface area contributed by atoms with Gasteiger partial charge in [0, 0.05) is 32.4 Å². The second kappa shape index (κ2) is 7.43. The van der Waals surface area contributed by atoms with Gasteiger partial charge in [0.1, 0.15) is 6.54 Å². The van der Waals surface area contributed by atoms with Crippen molar-refractivity contribution in [3.63, 3.8) is 0 Å². The molecule has 2 atom stereocenters. The predicted molar refractivity (Wildman–Crippen MR) is 94.3 cm³/mol. The number of esters is 1. The van der Waals surface area contributed by atoms with Gasteiger partial charge in [-0.15, -0.1) is 0 Å². The third-order valence-electron chi connectivity index (χ3n) is 4.23. The lowest BCUT2D eigenvalue weighted by Gasteiger charge is -2.35. The van der Waals surface area contributed by atoms with Crippen LogP contribution >= 0.6 is 0 Å². The van der Waals surface area contributed by atoms with E-state index < -0.39 is 28.9 Å². The number of carboxylic acids is 1. The van der Waals surface area contributed by atoms with Crippen LogP contribution in [0.25, 0.3) is 5.78 Å². The summed E-state index contributed by atoms with van der Waals surface area (Å²) in [5.41, 5.74) is -1.54. The van der Waals surface area contributed by atoms with Gasteiger partial charge < -0.3 is 24.0 Å². The molecular formula is C17H20N4O7. The van der Waals surface area contributed by atoms with Gasteiger partial charge in [0.05, 0.1) is 12.2 Å². The summed E-state index contributed by atoms with van der Waals surface area (Å²) < 4.78 is 12.8. The second-order valence-corrected chi connectivity index (χ2v) is 6.65. The Balaban J connectivity index is 1.97. The van der Waals surface area contributed by atoms with E-state index in [0.29, 0.717) is 13.1 Å². The van der Waals surface area contributed by atoms with Crippen molar-refractivity contribution in [2.75, 3.05) is 13.1 Å². The molecule has 1 aliphatic heterocycles. The van der Waals surface area contributed by atoms with Crippen molar-refractivity contribution in [3.05, 3.63) is 28.4 Å². The van der Waals surface area contributed by atoms with Crippen LogP contribution < -0.4 is 10.3 Å². The Kier molecular flexibility index (Phi) is 5.18. The first-order valence-corrected chi connectivity index (χ1v) is 8.63. The number of hydrogen-bond donors (Lipinski definition) is 1. The van der Waals surface area contributed by atoms with Crippen molar-refractivity contribution >= 4 is 23.6 Å². The number of rotatable bonds is 4. The van der Waals surface area contributed by atoms with Crippen LogP contribution in [0.3, 0.4) is 0 Å². The number of morpholine rings is 1. The average Bonchev–Trinajstić information content (AvgIpc) is 2.98. The molecule has 11 heteroatoms. The highest BCUT2D eigenvalue weighted by Crippen LogP contribution is 2.15. The van der Waals surface area contributed by atoms with Gasteiger partial charge in [-0.25, -0.2) is 14.2 Å². The smallest absolute Gasteiger partial charge is 0.358 e. The van der Waals surface area contributed by atoms with Gasteiger partial charge in [-0.3, -0.25) is 14.4 Å². The Morgan fingerprint density at radius 1 is 1.25 bits per heavy atom. The van der Waals surface area contributed by atoms with Crippen molar-refractivity contribution in [3.8, 4) is 5.75 Å². The molecule has 0 aromatic carbocycles. The minimum Gasteiger partial charge on any atom is -0.476 e. The maximum absolute atomic E-state index is 12.7. The molecule has 1 fully saturated rings. The van der Waals surface area contributed by atoms with Gasteiger partial charge in [-0.1, -0.05) is 0 Å². The number of amides is 1. The quantitative estimate of drug-likeness (QED) is 0.705. The predicted octanol–water partition coefficient (Wildman–Crippen LogP) is -0.245. The minimum atomic E-state index is -1.52. The topological polar surface area (TPSA) is 132 Å². The van der Waals surface area contributed by atoms with Crippen LogP contribution in [0.5, 0.6) is 5.75 Å². The number of hydrogen-bond acceptors (Lipinski definition) is 7. The van der Waals surface area contributed by atoms with Gasteiger partial charge in [-0.05, 0) is 13.8 Å². The number of aromatic carboxylic acids is 1. The molecule has 0 aliphatic carbocycles. The Morgan fingerprint density at radius 2 is 1.89 bits per heavy atom. The summed E-state index contributed by atoms with van der Waals surface area (Å²) in [4.78, 5) is 53.5. The number of ether oxygens (including phenoxy) is 2. The lowest BCUT2D eigenvalue weighted by atomic mass is 10.2. The molecule has 2 aromatic heterocycles. The van der Waals surface area contributed by atoms with Crippen LogP contribution in [0.1, 0.15) is 31.3 Å². The standard InChI is InChI=1S/C17H20N4O7/c1-9-6-20(7-10(2)27-9)12(23)8-19-4-5-21-15(24)14(28-11(3)22)13(16(25)26)18-17(19)21/h4-5,9-10H,6-8H2,1-3H3,(H,25,26)/t9-,10-/m0/s1. The van der Waals surface area contributed by atoms with E-state index >= 15 is 0 Å². The molecule has 2 aromatic rings. The summed E-state index contributed by atoms with van der Waals surface area (Å²) in [6.07, 6.45) is 2.58. The Labute approximate surface area is 159 Å². The molecule has 1 N–H and O–H groups in total. The Morgan fingerprint density at radius 3 is 2.46 bits per heavy atom. The molecule has 11 nitrogen and oxygen atoms in total. The molecule has 1 aliphatic rings. The summed E-state index contributed by atoms with van der Waals surface area (Å²) in [6.45, 7) is 5.54. The molecule has 1 amide bonds. The summed E-state index contributed by atoms with van der Waals surface area (Å²) in [7, 11) is 0. The van der Waals surface area contributed by atoms with Crippen LogP contribution in [0.2, 0.25) is 0 Å². The first kappa shape index (κ1) is 19.5. The fourth-order valence-electron chi connectivity index (χ4n) is 3.19. The summed E-state index contributed by atoms with van der Waals surface area (Å²) in [5.74, 6) is -3.29. The molecule has 0 spiro atoms. The van der Waals surface area contributed by atoms with Gasteiger partial charge in [-0.2, -0.15) is 0 Å². The number of aromatic nitrogens is 3. The van der Waals surface area contributed by atoms with Gasteiger partial charge >= 0.3 is 17.5 Å². The average molecular weight is 392 g/mol. The summed E-state index contributed by atoms with van der Waals surface area (Å²) in [6, 6.07) is 0. The number of carboxylic acid groups (broad SMARTS) is 1. The fraction of sp³-hybridized carbons (Fsp3) is 0.471. The van der Waals surface area contributed by atoms with Crippen LogP contribution in [0.4, 0.5) is 0 Å². The molecule has 28 heavy (non-hydrogen) atoms. The van der Waals surface area contributed by atoms with E-state index in [2.05, 4.69) is 4.98 Å². The van der Waals surface area contributed by atoms with E-state index in [1.165, 1.54) is 17.0 Å².